The van der Waals surface area contributed by atoms with Crippen LogP contribution in [0.5, 0.6) is 0 Å². The molecule has 7 aromatic heterocycles. The van der Waals surface area contributed by atoms with E-state index in [9.17, 15) is 38.7 Å². The molecule has 9 rings (SSSR count). The lowest BCUT2D eigenvalue weighted by Gasteiger charge is -2.23. The number of hydrogen-bond donors (Lipinski definition) is 7. The number of amides is 5. The first-order valence-corrected chi connectivity index (χ1v) is 30.7. The molecule has 8 heterocycles. The van der Waals surface area contributed by atoms with E-state index in [1.807, 2.05) is 13.8 Å². The van der Waals surface area contributed by atoms with Crippen molar-refractivity contribution >= 4 is 115 Å². The number of aryl methyl sites for hydroxylation is 1. The number of carboxylic acid groups (broad SMARTS) is 1. The van der Waals surface area contributed by atoms with Gasteiger partial charge in [0, 0.05) is 70.8 Å². The first-order valence-electron chi connectivity index (χ1n) is 25.6. The van der Waals surface area contributed by atoms with Gasteiger partial charge in [-0.25, -0.2) is 34.9 Å². The quantitative estimate of drug-likeness (QED) is 0.0568. The number of aromatic nitrogens is 7. The molecule has 10 bridgehead atoms. The molecule has 5 atom stereocenters. The van der Waals surface area contributed by atoms with Crippen LogP contribution in [0.1, 0.15) is 132 Å². The Hall–Kier alpha value is -7.44. The van der Waals surface area contributed by atoms with E-state index in [1.54, 1.807) is 77.8 Å². The number of carboxylic acids is 1. The van der Waals surface area contributed by atoms with Gasteiger partial charge in [-0.3, -0.25) is 33.6 Å². The number of anilines is 1. The third-order valence-electron chi connectivity index (χ3n) is 13.1. The number of aliphatic carboxylic acids is 1. The summed E-state index contributed by atoms with van der Waals surface area (Å²) < 4.78 is 5.46. The number of nitrogens with one attached hydrogen (secondary N) is 5. The van der Waals surface area contributed by atoms with E-state index in [2.05, 4.69) is 31.6 Å². The van der Waals surface area contributed by atoms with E-state index in [0.29, 0.717) is 73.7 Å². The Bertz CT molecular complexity index is 3680. The van der Waals surface area contributed by atoms with E-state index >= 15 is 0 Å². The molecule has 0 fully saturated rings. The Balaban J connectivity index is 1.12. The van der Waals surface area contributed by atoms with E-state index < -0.39 is 60.3 Å². The molecule has 0 radical (unpaired) electrons. The number of aliphatic hydroxyl groups is 1. The Morgan fingerprint density at radius 2 is 1.45 bits per heavy atom. The summed E-state index contributed by atoms with van der Waals surface area (Å²) in [5, 5.41) is 44.1. The summed E-state index contributed by atoms with van der Waals surface area (Å²) in [6.07, 6.45) is -1.54. The van der Waals surface area contributed by atoms with Crippen molar-refractivity contribution < 1.29 is 48.5 Å². The van der Waals surface area contributed by atoms with Crippen LogP contribution >= 0.6 is 68.0 Å². The molecular formula is C54H54N12O10S6. The zero-order valence-corrected chi connectivity index (χ0v) is 49.7. The second-order valence-corrected chi connectivity index (χ2v) is 25.1. The van der Waals surface area contributed by atoms with Gasteiger partial charge in [-0.1, -0.05) is 51.1 Å². The molecule has 0 saturated heterocycles. The monoisotopic (exact) mass is 1220 g/mol. The smallest absolute Gasteiger partial charge is 0.303 e. The third kappa shape index (κ3) is 13.7. The molecule has 22 nitrogen and oxygen atoms in total. The van der Waals surface area contributed by atoms with Crippen LogP contribution in [0.4, 0.5) is 5.82 Å². The molecule has 0 unspecified atom stereocenters. The number of thiazole rings is 6. The van der Waals surface area contributed by atoms with E-state index in [-0.39, 0.29) is 78.7 Å². The molecular weight excluding hydrogens is 1170 g/mol. The van der Waals surface area contributed by atoms with Crippen molar-refractivity contribution in [3.63, 3.8) is 0 Å². The van der Waals surface area contributed by atoms with Crippen LogP contribution in [-0.4, -0.2) is 107 Å². The van der Waals surface area contributed by atoms with Crippen molar-refractivity contribution in [2.45, 2.75) is 84.1 Å². The maximum atomic E-state index is 14.3. The number of aliphatic hydroxyl groups excluding tert-OH is 1. The standard InChI is InChI=1S/C54H54N12O10S6/c1-24(2)29-16-35(67)41-26(4)81-53(65-41)31(17-38(68)55-5)58-47(74)33-21-77-49(60-33)28-13-14-30(51-63-37(23-80-51)62-46(73)25(3)12-15-40(70)71)57-42(28)32-20-78-52(59-32)34-22-79-54(61-34)44(45(72)27-10-8-7-9-11-27)64-39(69)18-56-48(75)43-36(19-76-6)82-50(29)66-43/h7-11,13-14,20-25,29,31,44-45,72H,12,15-19H2,1-6H3,(H,55,68)(H,56,75)(H,58,74)(H,62,73)(H,64,69)(H,70,71)/t25-,29+,31+,44+,45+/m1/s1. The molecule has 7 N–H and O–H groups in total. The van der Waals surface area contributed by atoms with E-state index in [4.69, 9.17) is 39.7 Å². The van der Waals surface area contributed by atoms with Gasteiger partial charge in [0.15, 0.2) is 5.78 Å². The molecule has 0 spiro atoms. The highest BCUT2D eigenvalue weighted by atomic mass is 32.1. The molecule has 1 aliphatic heterocycles. The maximum Gasteiger partial charge on any atom is 0.303 e. The summed E-state index contributed by atoms with van der Waals surface area (Å²) in [7, 11) is 2.96. The average molecular weight is 1220 g/mol. The highest BCUT2D eigenvalue weighted by Crippen LogP contribution is 2.41. The molecule has 5 amide bonds. The first-order chi connectivity index (χ1) is 39.4. The van der Waals surface area contributed by atoms with Crippen LogP contribution in [0.15, 0.2) is 64.0 Å². The summed E-state index contributed by atoms with van der Waals surface area (Å²) in [4.78, 5) is 129. The zero-order chi connectivity index (χ0) is 58.4. The van der Waals surface area contributed by atoms with Gasteiger partial charge in [0.05, 0.1) is 41.2 Å². The fourth-order valence-corrected chi connectivity index (χ4v) is 14.2. The predicted molar refractivity (Wildman–Crippen MR) is 313 cm³/mol. The fourth-order valence-electron chi connectivity index (χ4n) is 8.62. The lowest BCUT2D eigenvalue weighted by molar-refractivity contribution is -0.137. The molecule has 0 aliphatic carbocycles. The van der Waals surface area contributed by atoms with Gasteiger partial charge in [-0.05, 0) is 37.0 Å². The number of Topliss-reactive ketones (excluding diaryl/α,β-unsaturated/α-hetero) is 1. The number of rotatable bonds is 13. The predicted octanol–water partition coefficient (Wildman–Crippen LogP) is 8.64. The van der Waals surface area contributed by atoms with Crippen LogP contribution in [0.2, 0.25) is 0 Å². The third-order valence-corrected chi connectivity index (χ3v) is 18.9. The van der Waals surface area contributed by atoms with Crippen molar-refractivity contribution in [2.24, 2.45) is 11.8 Å². The zero-order valence-electron chi connectivity index (χ0n) is 44.8. The minimum absolute atomic E-state index is 0.0265. The number of fused-ring (bicyclic) bond motifs is 14. The summed E-state index contributed by atoms with van der Waals surface area (Å²) in [5.74, 6) is -4.93. The number of nitrogens with zero attached hydrogens (tertiary/aromatic N) is 7. The Morgan fingerprint density at radius 3 is 2.20 bits per heavy atom. The SMILES string of the molecule is CNC(=O)C[C@@H]1NC(=O)c2csc(n2)-c2ccc(-c3nc(NC(=O)[C@H](C)CCC(=O)O)cs3)nc2-c2csc(n2)-c2csc(n2)[C@H]([C@@H](O)c2ccccc2)NC(=O)CNC(=O)c2nc(sc2COC)[C@H](C(C)C)CC(=O)c2nc1sc2C. The van der Waals surface area contributed by atoms with Gasteiger partial charge in [0.25, 0.3) is 11.8 Å². The highest BCUT2D eigenvalue weighted by molar-refractivity contribution is 7.15. The Morgan fingerprint density at radius 1 is 0.744 bits per heavy atom. The van der Waals surface area contributed by atoms with Gasteiger partial charge in [0.2, 0.25) is 17.7 Å². The molecule has 1 aliphatic rings. The van der Waals surface area contributed by atoms with Crippen molar-refractivity contribution in [1.29, 1.82) is 0 Å². The number of benzene rings is 1. The Labute approximate surface area is 493 Å². The molecule has 82 heavy (non-hydrogen) atoms. The van der Waals surface area contributed by atoms with Gasteiger partial charge in [-0.2, -0.15) is 0 Å². The van der Waals surface area contributed by atoms with Crippen molar-refractivity contribution in [2.75, 3.05) is 26.0 Å². The Kier molecular flexibility index (Phi) is 18.9. The maximum absolute atomic E-state index is 14.3. The minimum Gasteiger partial charge on any atom is -0.481 e. The van der Waals surface area contributed by atoms with Gasteiger partial charge in [-0.15, -0.1) is 68.0 Å². The van der Waals surface area contributed by atoms with Gasteiger partial charge >= 0.3 is 5.97 Å². The topological polar surface area (TPSA) is 320 Å². The molecule has 0 saturated carbocycles. The second-order valence-electron chi connectivity index (χ2n) is 19.3. The number of pyridine rings is 1. The number of methoxy groups -OCH3 is 1. The van der Waals surface area contributed by atoms with Gasteiger partial charge < -0.3 is 41.5 Å². The van der Waals surface area contributed by atoms with Crippen LogP contribution in [-0.2, 0) is 30.5 Å². The fraction of sp³-hybridized carbons (Fsp3) is 0.333. The first kappa shape index (κ1) is 59.2. The summed E-state index contributed by atoms with van der Waals surface area (Å²) >= 11 is 7.24. The van der Waals surface area contributed by atoms with Crippen molar-refractivity contribution in [1.82, 2.24) is 56.2 Å². The normalized spacial score (nSPS) is 16.9. The number of ether oxygens (including phenoxy) is 1. The summed E-state index contributed by atoms with van der Waals surface area (Å²) in [5.41, 5.74) is 2.81. The van der Waals surface area contributed by atoms with E-state index in [0.717, 1.165) is 0 Å². The largest absolute Gasteiger partial charge is 0.481 e. The molecule has 8 aromatic rings. The van der Waals surface area contributed by atoms with Crippen LogP contribution in [0, 0.1) is 18.8 Å². The number of ketones is 1. The highest BCUT2D eigenvalue weighted by Gasteiger charge is 2.33. The van der Waals surface area contributed by atoms with Crippen LogP contribution in [0.25, 0.3) is 43.4 Å². The number of carbonyl (C=O) groups is 7. The van der Waals surface area contributed by atoms with Crippen molar-refractivity contribution in [3.8, 4) is 43.4 Å². The summed E-state index contributed by atoms with van der Waals surface area (Å²) in [6, 6.07) is 10.2. The summed E-state index contributed by atoms with van der Waals surface area (Å²) in [6.45, 7) is 6.79. The number of hydrogen-bond acceptors (Lipinski definition) is 22. The average Bonchev–Trinajstić information content (AvgIpc) is 4.33. The van der Waals surface area contributed by atoms with Crippen LogP contribution in [0.3, 0.4) is 0 Å². The molecule has 426 valence electrons. The van der Waals surface area contributed by atoms with Crippen molar-refractivity contribution in [3.05, 3.63) is 111 Å². The molecule has 28 heteroatoms. The van der Waals surface area contributed by atoms with Gasteiger partial charge in [0.1, 0.15) is 77.2 Å². The lowest BCUT2D eigenvalue weighted by atomic mass is 9.90. The van der Waals surface area contributed by atoms with E-state index in [1.165, 1.54) is 82.2 Å². The second kappa shape index (κ2) is 26.2. The molecule has 1 aromatic carbocycles. The number of carbonyl (C=O) groups excluding carboxylic acids is 6. The van der Waals surface area contributed by atoms with Crippen LogP contribution < -0.4 is 26.6 Å². The lowest BCUT2D eigenvalue weighted by Crippen LogP contribution is -2.40. The minimum atomic E-state index is -1.28.